The molecule has 0 radical (unpaired) electrons. The van der Waals surface area contributed by atoms with E-state index >= 15 is 0 Å². The van der Waals surface area contributed by atoms with Crippen LogP contribution in [0.15, 0.2) is 24.3 Å². The van der Waals surface area contributed by atoms with Crippen LogP contribution in [0, 0.1) is 0 Å². The van der Waals surface area contributed by atoms with Crippen LogP contribution in [0.3, 0.4) is 0 Å². The highest BCUT2D eigenvalue weighted by atomic mass is 16.6. The van der Waals surface area contributed by atoms with Crippen LogP contribution in [0.1, 0.15) is 54.3 Å². The first-order chi connectivity index (χ1) is 14.2. The zero-order chi connectivity index (χ0) is 21.9. The molecule has 1 fully saturated rings. The molecule has 0 spiro atoms. The minimum absolute atomic E-state index is 0.0528. The fraction of sp³-hybridized carbons (Fsp3) is 0.524. The SMILES string of the molecule is CC(C)(C)OC(=O)N1CCC(NC(=O)NCCN2C(=O)c3ccccc3C2=O)CC1. The van der Waals surface area contributed by atoms with Gasteiger partial charge >= 0.3 is 12.1 Å². The van der Waals surface area contributed by atoms with Gasteiger partial charge in [0.15, 0.2) is 0 Å². The minimum atomic E-state index is -0.536. The van der Waals surface area contributed by atoms with Gasteiger partial charge in [-0.2, -0.15) is 0 Å². The quantitative estimate of drug-likeness (QED) is 0.730. The van der Waals surface area contributed by atoms with Gasteiger partial charge in [0, 0.05) is 32.2 Å². The number of amides is 5. The standard InChI is InChI=1S/C21H28N4O5/c1-21(2,3)30-20(29)24-11-8-14(9-12-24)23-19(28)22-10-13-25-17(26)15-6-4-5-7-16(15)18(25)27/h4-7,14H,8-13H2,1-3H3,(H2,22,23,28). The maximum atomic E-state index is 12.3. The van der Waals surface area contributed by atoms with E-state index in [0.717, 1.165) is 4.90 Å². The van der Waals surface area contributed by atoms with Gasteiger partial charge in [-0.1, -0.05) is 12.1 Å². The van der Waals surface area contributed by atoms with E-state index in [1.165, 1.54) is 0 Å². The largest absolute Gasteiger partial charge is 0.444 e. The molecule has 0 bridgehead atoms. The minimum Gasteiger partial charge on any atom is -0.444 e. The summed E-state index contributed by atoms with van der Waals surface area (Å²) in [5.74, 6) is -0.681. The van der Waals surface area contributed by atoms with Crippen molar-refractivity contribution in [3.8, 4) is 0 Å². The number of hydrogen-bond acceptors (Lipinski definition) is 5. The molecular weight excluding hydrogens is 388 g/mol. The molecule has 5 amide bonds. The molecule has 0 atom stereocenters. The fourth-order valence-electron chi connectivity index (χ4n) is 3.49. The average Bonchev–Trinajstić information content (AvgIpc) is 2.92. The summed E-state index contributed by atoms with van der Waals surface area (Å²) in [7, 11) is 0. The Labute approximate surface area is 175 Å². The number of nitrogens with one attached hydrogen (secondary N) is 2. The van der Waals surface area contributed by atoms with Crippen molar-refractivity contribution < 1.29 is 23.9 Å². The Balaban J connectivity index is 1.38. The maximum absolute atomic E-state index is 12.3. The Morgan fingerprint density at radius 3 is 2.17 bits per heavy atom. The predicted molar refractivity (Wildman–Crippen MR) is 109 cm³/mol. The first-order valence-corrected chi connectivity index (χ1v) is 10.1. The van der Waals surface area contributed by atoms with Crippen molar-refractivity contribution in [2.45, 2.75) is 45.3 Å². The summed E-state index contributed by atoms with van der Waals surface area (Å²) >= 11 is 0. The number of fused-ring (bicyclic) bond motifs is 1. The van der Waals surface area contributed by atoms with E-state index in [9.17, 15) is 19.2 Å². The first kappa shape index (κ1) is 21.6. The third kappa shape index (κ3) is 5.08. The van der Waals surface area contributed by atoms with Gasteiger partial charge in [-0.3, -0.25) is 14.5 Å². The van der Waals surface area contributed by atoms with Gasteiger partial charge < -0.3 is 20.3 Å². The summed E-state index contributed by atoms with van der Waals surface area (Å²) in [6, 6.07) is 6.27. The van der Waals surface area contributed by atoms with E-state index in [-0.39, 0.29) is 43.1 Å². The molecule has 2 aliphatic rings. The van der Waals surface area contributed by atoms with Crippen molar-refractivity contribution in [1.29, 1.82) is 0 Å². The lowest BCUT2D eigenvalue weighted by atomic mass is 10.1. The zero-order valence-corrected chi connectivity index (χ0v) is 17.6. The number of ether oxygens (including phenoxy) is 1. The van der Waals surface area contributed by atoms with Crippen molar-refractivity contribution in [2.24, 2.45) is 0 Å². The molecule has 9 nitrogen and oxygen atoms in total. The molecule has 2 N–H and O–H groups in total. The van der Waals surface area contributed by atoms with Gasteiger partial charge in [0.05, 0.1) is 11.1 Å². The van der Waals surface area contributed by atoms with Crippen molar-refractivity contribution in [3.63, 3.8) is 0 Å². The molecule has 30 heavy (non-hydrogen) atoms. The highest BCUT2D eigenvalue weighted by Crippen LogP contribution is 2.21. The van der Waals surface area contributed by atoms with E-state index < -0.39 is 5.60 Å². The van der Waals surface area contributed by atoms with Gasteiger partial charge in [-0.05, 0) is 45.7 Å². The second-order valence-electron chi connectivity index (χ2n) is 8.45. The number of carbonyl (C=O) groups excluding carboxylic acids is 4. The Hall–Kier alpha value is -3.10. The van der Waals surface area contributed by atoms with Crippen molar-refractivity contribution in [3.05, 3.63) is 35.4 Å². The summed E-state index contributed by atoms with van der Waals surface area (Å²) in [5, 5.41) is 5.56. The molecule has 0 saturated carbocycles. The number of hydrogen-bond donors (Lipinski definition) is 2. The lowest BCUT2D eigenvalue weighted by Gasteiger charge is -2.33. The van der Waals surface area contributed by atoms with Gasteiger partial charge in [-0.25, -0.2) is 9.59 Å². The molecule has 0 aliphatic carbocycles. The Bertz CT molecular complexity index is 805. The number of carbonyl (C=O) groups is 4. The van der Waals surface area contributed by atoms with Gasteiger partial charge in [-0.15, -0.1) is 0 Å². The number of rotatable bonds is 4. The van der Waals surface area contributed by atoms with Crippen molar-refractivity contribution >= 4 is 23.9 Å². The van der Waals surface area contributed by atoms with Crippen LogP contribution in [0.2, 0.25) is 0 Å². The van der Waals surface area contributed by atoms with E-state index in [0.29, 0.717) is 37.1 Å². The molecule has 1 aromatic rings. The third-order valence-corrected chi connectivity index (χ3v) is 4.98. The Morgan fingerprint density at radius 1 is 1.07 bits per heavy atom. The van der Waals surface area contributed by atoms with Crippen LogP contribution in [0.4, 0.5) is 9.59 Å². The highest BCUT2D eigenvalue weighted by molar-refractivity contribution is 6.21. The number of imide groups is 1. The zero-order valence-electron chi connectivity index (χ0n) is 17.6. The van der Waals surface area contributed by atoms with Crippen LogP contribution in [0.5, 0.6) is 0 Å². The van der Waals surface area contributed by atoms with E-state index in [1.54, 1.807) is 29.2 Å². The van der Waals surface area contributed by atoms with E-state index in [2.05, 4.69) is 10.6 Å². The van der Waals surface area contributed by atoms with Crippen LogP contribution in [0.25, 0.3) is 0 Å². The molecule has 2 heterocycles. The van der Waals surface area contributed by atoms with Crippen LogP contribution >= 0.6 is 0 Å². The summed E-state index contributed by atoms with van der Waals surface area (Å²) in [5.41, 5.74) is 0.248. The summed E-state index contributed by atoms with van der Waals surface area (Å²) in [6.45, 7) is 6.76. The fourth-order valence-corrected chi connectivity index (χ4v) is 3.49. The highest BCUT2D eigenvalue weighted by Gasteiger charge is 2.34. The third-order valence-electron chi connectivity index (χ3n) is 4.98. The molecule has 0 unspecified atom stereocenters. The van der Waals surface area contributed by atoms with Crippen LogP contribution in [-0.2, 0) is 4.74 Å². The molecule has 1 saturated heterocycles. The summed E-state index contributed by atoms with van der Waals surface area (Å²) in [6.07, 6.45) is 0.919. The molecule has 3 rings (SSSR count). The lowest BCUT2D eigenvalue weighted by molar-refractivity contribution is 0.0201. The molecule has 2 aliphatic heterocycles. The van der Waals surface area contributed by atoms with Gasteiger partial charge in [0.2, 0.25) is 0 Å². The second-order valence-corrected chi connectivity index (χ2v) is 8.45. The van der Waals surface area contributed by atoms with Crippen molar-refractivity contribution in [1.82, 2.24) is 20.4 Å². The molecule has 9 heteroatoms. The normalized spacial score (nSPS) is 17.0. The van der Waals surface area contributed by atoms with Crippen molar-refractivity contribution in [2.75, 3.05) is 26.2 Å². The van der Waals surface area contributed by atoms with Crippen LogP contribution < -0.4 is 10.6 Å². The lowest BCUT2D eigenvalue weighted by Crippen LogP contribution is -2.50. The number of likely N-dealkylation sites (tertiary alicyclic amines) is 1. The second kappa shape index (κ2) is 8.73. The molecule has 162 valence electrons. The monoisotopic (exact) mass is 416 g/mol. The smallest absolute Gasteiger partial charge is 0.410 e. The molecule has 0 aromatic heterocycles. The predicted octanol–water partition coefficient (Wildman–Crippen LogP) is 1.98. The first-order valence-electron chi connectivity index (χ1n) is 10.1. The number of benzene rings is 1. The molecular formula is C21H28N4O5. The average molecular weight is 416 g/mol. The summed E-state index contributed by atoms with van der Waals surface area (Å²) < 4.78 is 5.36. The number of nitrogens with zero attached hydrogens (tertiary/aromatic N) is 2. The van der Waals surface area contributed by atoms with Gasteiger partial charge in [0.1, 0.15) is 5.60 Å². The van der Waals surface area contributed by atoms with E-state index in [1.807, 2.05) is 20.8 Å². The van der Waals surface area contributed by atoms with Gasteiger partial charge in [0.25, 0.3) is 11.8 Å². The number of piperidine rings is 1. The Morgan fingerprint density at radius 2 is 1.63 bits per heavy atom. The molecule has 1 aromatic carbocycles. The van der Waals surface area contributed by atoms with Crippen LogP contribution in [-0.4, -0.2) is 71.6 Å². The van der Waals surface area contributed by atoms with E-state index in [4.69, 9.17) is 4.74 Å². The topological polar surface area (TPSA) is 108 Å². The maximum Gasteiger partial charge on any atom is 0.410 e. The summed E-state index contributed by atoms with van der Waals surface area (Å²) in [4.78, 5) is 51.6. The Kier molecular flexibility index (Phi) is 6.28. The number of urea groups is 1.